The number of fused-ring (bicyclic) bond motifs is 1. The molecule has 0 aliphatic carbocycles. The molecule has 0 atom stereocenters. The van der Waals surface area contributed by atoms with Crippen molar-refractivity contribution in [3.8, 4) is 5.69 Å². The van der Waals surface area contributed by atoms with Crippen LogP contribution in [-0.4, -0.2) is 9.55 Å². The molecule has 0 aliphatic rings. The molecule has 2 heterocycles. The molecule has 0 bridgehead atoms. The van der Waals surface area contributed by atoms with Crippen molar-refractivity contribution in [3.63, 3.8) is 0 Å². The topological polar surface area (TPSA) is 37.8 Å². The van der Waals surface area contributed by atoms with E-state index in [1.807, 2.05) is 0 Å². The van der Waals surface area contributed by atoms with E-state index >= 15 is 0 Å². The number of halogens is 3. The van der Waals surface area contributed by atoms with Gasteiger partial charge in [-0.2, -0.15) is 0 Å². The molecule has 0 aliphatic heterocycles. The molecule has 0 saturated carbocycles. The molecule has 0 spiro atoms. The lowest BCUT2D eigenvalue weighted by atomic mass is 10.3. The first-order chi connectivity index (χ1) is 9.49. The van der Waals surface area contributed by atoms with Gasteiger partial charge in [0.15, 0.2) is 4.77 Å². The summed E-state index contributed by atoms with van der Waals surface area (Å²) in [5.41, 5.74) is -0.698. The SMILES string of the molecule is O=c1c2ccsc2[nH]c(=S)n1-c1cc(F)c(Br)cc1F. The van der Waals surface area contributed by atoms with Gasteiger partial charge in [-0.05, 0) is 45.7 Å². The van der Waals surface area contributed by atoms with Crippen molar-refractivity contribution in [1.29, 1.82) is 0 Å². The number of nitrogens with one attached hydrogen (secondary N) is 1. The highest BCUT2D eigenvalue weighted by Gasteiger charge is 2.14. The normalized spacial score (nSPS) is 11.2. The van der Waals surface area contributed by atoms with E-state index in [9.17, 15) is 13.6 Å². The summed E-state index contributed by atoms with van der Waals surface area (Å²) in [6.07, 6.45) is 0. The predicted molar refractivity (Wildman–Crippen MR) is 80.2 cm³/mol. The molecule has 20 heavy (non-hydrogen) atoms. The molecule has 0 fully saturated rings. The summed E-state index contributed by atoms with van der Waals surface area (Å²) in [7, 11) is 0. The fraction of sp³-hybridized carbons (Fsp3) is 0. The minimum Gasteiger partial charge on any atom is -0.323 e. The van der Waals surface area contributed by atoms with Gasteiger partial charge in [-0.3, -0.25) is 4.79 Å². The van der Waals surface area contributed by atoms with Crippen LogP contribution in [0.25, 0.3) is 15.9 Å². The Hall–Kier alpha value is -1.38. The Bertz CT molecular complexity index is 945. The lowest BCUT2D eigenvalue weighted by Gasteiger charge is -2.08. The van der Waals surface area contributed by atoms with E-state index in [0.29, 0.717) is 10.2 Å². The second kappa shape index (κ2) is 4.87. The summed E-state index contributed by atoms with van der Waals surface area (Å²) >= 11 is 9.27. The van der Waals surface area contributed by atoms with Crippen LogP contribution in [0.4, 0.5) is 8.78 Å². The number of H-pyrrole nitrogens is 1. The molecule has 1 aromatic carbocycles. The molecule has 3 aromatic rings. The highest BCUT2D eigenvalue weighted by atomic mass is 79.9. The number of benzene rings is 1. The zero-order valence-corrected chi connectivity index (χ0v) is 12.8. The molecule has 2 aromatic heterocycles. The third kappa shape index (κ3) is 2.04. The van der Waals surface area contributed by atoms with Gasteiger partial charge in [-0.25, -0.2) is 13.3 Å². The number of nitrogens with zero attached hydrogens (tertiary/aromatic N) is 1. The molecule has 8 heteroatoms. The molecule has 102 valence electrons. The lowest BCUT2D eigenvalue weighted by Crippen LogP contribution is -2.21. The molecule has 0 unspecified atom stereocenters. The monoisotopic (exact) mass is 374 g/mol. The number of aromatic nitrogens is 2. The van der Waals surface area contributed by atoms with E-state index < -0.39 is 17.2 Å². The largest absolute Gasteiger partial charge is 0.323 e. The standard InChI is InChI=1S/C12H5BrF2N2OS2/c13-6-3-8(15)9(4-7(6)14)17-11(18)5-1-2-20-10(5)16-12(17)19/h1-4H,(H,16,19). The van der Waals surface area contributed by atoms with E-state index in [-0.39, 0.29) is 14.9 Å². The van der Waals surface area contributed by atoms with E-state index in [2.05, 4.69) is 20.9 Å². The maximum Gasteiger partial charge on any atom is 0.267 e. The zero-order chi connectivity index (χ0) is 14.4. The Morgan fingerprint density at radius 3 is 2.80 bits per heavy atom. The fourth-order valence-corrected chi connectivity index (χ4v) is 3.28. The molecule has 0 saturated heterocycles. The van der Waals surface area contributed by atoms with Crippen LogP contribution in [0, 0.1) is 16.4 Å². The predicted octanol–water partition coefficient (Wildman–Crippen LogP) is 4.15. The summed E-state index contributed by atoms with van der Waals surface area (Å²) in [6, 6.07) is 3.50. The average molecular weight is 375 g/mol. The average Bonchev–Trinajstić information content (AvgIpc) is 2.83. The first-order valence-corrected chi connectivity index (χ1v) is 7.44. The molecule has 1 N–H and O–H groups in total. The summed E-state index contributed by atoms with van der Waals surface area (Å²) in [5.74, 6) is -1.41. The third-order valence-electron chi connectivity index (χ3n) is 2.75. The number of aromatic amines is 1. The quantitative estimate of drug-likeness (QED) is 0.513. The van der Waals surface area contributed by atoms with Gasteiger partial charge < -0.3 is 4.98 Å². The first-order valence-electron chi connectivity index (χ1n) is 5.36. The van der Waals surface area contributed by atoms with Gasteiger partial charge in [-0.1, -0.05) is 0 Å². The van der Waals surface area contributed by atoms with Gasteiger partial charge in [0.2, 0.25) is 0 Å². The zero-order valence-electron chi connectivity index (χ0n) is 9.62. The van der Waals surface area contributed by atoms with Crippen LogP contribution >= 0.6 is 39.5 Å². The van der Waals surface area contributed by atoms with Crippen LogP contribution in [0.2, 0.25) is 0 Å². The van der Waals surface area contributed by atoms with E-state index in [0.717, 1.165) is 16.7 Å². The van der Waals surface area contributed by atoms with Crippen LogP contribution in [0.5, 0.6) is 0 Å². The summed E-state index contributed by atoms with van der Waals surface area (Å²) < 4.78 is 28.5. The third-order valence-corrected chi connectivity index (χ3v) is 4.48. The molecular formula is C12H5BrF2N2OS2. The van der Waals surface area contributed by atoms with E-state index in [4.69, 9.17) is 12.2 Å². The van der Waals surface area contributed by atoms with Gasteiger partial charge in [0, 0.05) is 6.07 Å². The van der Waals surface area contributed by atoms with Crippen LogP contribution in [0.3, 0.4) is 0 Å². The molecule has 3 rings (SSSR count). The molecule has 0 amide bonds. The van der Waals surface area contributed by atoms with Crippen molar-refractivity contribution < 1.29 is 8.78 Å². The van der Waals surface area contributed by atoms with E-state index in [1.165, 1.54) is 11.3 Å². The van der Waals surface area contributed by atoms with Crippen molar-refractivity contribution in [2.45, 2.75) is 0 Å². The first kappa shape index (κ1) is 13.6. The molecule has 0 radical (unpaired) electrons. The van der Waals surface area contributed by atoms with Gasteiger partial charge in [0.1, 0.15) is 16.5 Å². The Morgan fingerprint density at radius 1 is 1.30 bits per heavy atom. The van der Waals surface area contributed by atoms with Crippen LogP contribution in [0.15, 0.2) is 32.8 Å². The van der Waals surface area contributed by atoms with Crippen molar-refractivity contribution in [2.75, 3.05) is 0 Å². The van der Waals surface area contributed by atoms with Gasteiger partial charge in [0.05, 0.1) is 15.5 Å². The molecular weight excluding hydrogens is 370 g/mol. The minimum absolute atomic E-state index is 0.0155. The lowest BCUT2D eigenvalue weighted by molar-refractivity contribution is 0.585. The number of thiophene rings is 1. The maximum absolute atomic E-state index is 14.0. The van der Waals surface area contributed by atoms with Gasteiger partial charge in [-0.15, -0.1) is 11.3 Å². The van der Waals surface area contributed by atoms with Crippen molar-refractivity contribution in [3.05, 3.63) is 54.8 Å². The number of hydrogen-bond donors (Lipinski definition) is 1. The minimum atomic E-state index is -0.741. The summed E-state index contributed by atoms with van der Waals surface area (Å²) in [4.78, 5) is 15.8. The second-order valence-corrected chi connectivity index (χ2v) is 6.11. The van der Waals surface area contributed by atoms with E-state index in [1.54, 1.807) is 11.4 Å². The number of hydrogen-bond acceptors (Lipinski definition) is 3. The maximum atomic E-state index is 14.0. The Balaban J connectivity index is 2.44. The van der Waals surface area contributed by atoms with Crippen molar-refractivity contribution in [2.24, 2.45) is 0 Å². The Morgan fingerprint density at radius 2 is 2.05 bits per heavy atom. The number of rotatable bonds is 1. The van der Waals surface area contributed by atoms with Crippen LogP contribution in [0.1, 0.15) is 0 Å². The van der Waals surface area contributed by atoms with Gasteiger partial charge >= 0.3 is 0 Å². The summed E-state index contributed by atoms with van der Waals surface area (Å²) in [6.45, 7) is 0. The highest BCUT2D eigenvalue weighted by Crippen LogP contribution is 2.23. The molecule has 3 nitrogen and oxygen atoms in total. The Labute approximate surface area is 128 Å². The summed E-state index contributed by atoms with van der Waals surface area (Å²) in [5, 5.41) is 2.10. The fourth-order valence-electron chi connectivity index (χ4n) is 1.84. The van der Waals surface area contributed by atoms with Crippen LogP contribution < -0.4 is 5.56 Å². The highest BCUT2D eigenvalue weighted by molar-refractivity contribution is 9.10. The Kier molecular flexibility index (Phi) is 3.31. The second-order valence-electron chi connectivity index (χ2n) is 3.95. The van der Waals surface area contributed by atoms with Crippen molar-refractivity contribution >= 4 is 49.7 Å². The van der Waals surface area contributed by atoms with Crippen LogP contribution in [-0.2, 0) is 0 Å². The van der Waals surface area contributed by atoms with Crippen molar-refractivity contribution in [1.82, 2.24) is 9.55 Å². The smallest absolute Gasteiger partial charge is 0.267 e. The van der Waals surface area contributed by atoms with Gasteiger partial charge in [0.25, 0.3) is 5.56 Å².